The van der Waals surface area contributed by atoms with Crippen LogP contribution in [0.3, 0.4) is 0 Å². The van der Waals surface area contributed by atoms with Crippen molar-refractivity contribution in [1.29, 1.82) is 0 Å². The van der Waals surface area contributed by atoms with E-state index in [0.717, 1.165) is 33.3 Å². The summed E-state index contributed by atoms with van der Waals surface area (Å²) in [5.74, 6) is 0.849. The Labute approximate surface area is 109 Å². The zero-order valence-corrected chi connectivity index (χ0v) is 10.0. The summed E-state index contributed by atoms with van der Waals surface area (Å²) in [7, 11) is 0. The molecule has 19 heavy (non-hydrogen) atoms. The fourth-order valence-corrected chi connectivity index (χ4v) is 2.29. The van der Waals surface area contributed by atoms with Crippen LogP contribution in [0, 0.1) is 0 Å². The molecule has 0 fully saturated rings. The number of aromatic nitrogens is 4. The van der Waals surface area contributed by atoms with E-state index in [2.05, 4.69) is 32.1 Å². The molecule has 90 valence electrons. The maximum absolute atomic E-state index is 4.61. The van der Waals surface area contributed by atoms with Gasteiger partial charge in [-0.15, -0.1) is 0 Å². The van der Waals surface area contributed by atoms with Gasteiger partial charge in [0.1, 0.15) is 5.82 Å². The van der Waals surface area contributed by atoms with Gasteiger partial charge >= 0.3 is 0 Å². The van der Waals surface area contributed by atoms with Gasteiger partial charge < -0.3 is 4.98 Å². The summed E-state index contributed by atoms with van der Waals surface area (Å²) in [6.45, 7) is 0. The molecule has 0 saturated carbocycles. The summed E-state index contributed by atoms with van der Waals surface area (Å²) >= 11 is 0. The standard InChI is InChI=1S/C15H10N4/c1-3-11(10-4-2-7-17-12(10)5-1)15-18-13-6-8-16-9-14(13)19-15/h1-9H,(H,18,19). The van der Waals surface area contributed by atoms with Gasteiger partial charge in [0.05, 0.1) is 22.7 Å². The third-order valence-electron chi connectivity index (χ3n) is 3.18. The molecule has 0 amide bonds. The molecule has 0 unspecified atom stereocenters. The molecule has 0 spiro atoms. The van der Waals surface area contributed by atoms with Crippen molar-refractivity contribution >= 4 is 21.9 Å². The van der Waals surface area contributed by atoms with Crippen LogP contribution in [-0.2, 0) is 0 Å². The molecule has 0 aliphatic rings. The van der Waals surface area contributed by atoms with E-state index < -0.39 is 0 Å². The Morgan fingerprint density at radius 1 is 0.895 bits per heavy atom. The van der Waals surface area contributed by atoms with Crippen LogP contribution in [-0.4, -0.2) is 19.9 Å². The summed E-state index contributed by atoms with van der Waals surface area (Å²) in [6, 6.07) is 12.0. The van der Waals surface area contributed by atoms with Gasteiger partial charge in [0.25, 0.3) is 0 Å². The molecule has 4 nitrogen and oxygen atoms in total. The van der Waals surface area contributed by atoms with E-state index >= 15 is 0 Å². The highest BCUT2D eigenvalue weighted by molar-refractivity contribution is 5.94. The Hall–Kier alpha value is -2.75. The van der Waals surface area contributed by atoms with Crippen LogP contribution in [0.1, 0.15) is 0 Å². The molecular weight excluding hydrogens is 236 g/mol. The third kappa shape index (κ3) is 1.57. The van der Waals surface area contributed by atoms with Crippen molar-refractivity contribution in [3.63, 3.8) is 0 Å². The molecule has 4 rings (SSSR count). The number of hydrogen-bond acceptors (Lipinski definition) is 3. The molecule has 1 aromatic carbocycles. The molecule has 0 aliphatic carbocycles. The first-order valence-electron chi connectivity index (χ1n) is 6.06. The Balaban J connectivity index is 2.03. The van der Waals surface area contributed by atoms with Crippen molar-refractivity contribution in [2.24, 2.45) is 0 Å². The number of fused-ring (bicyclic) bond motifs is 2. The quantitative estimate of drug-likeness (QED) is 0.561. The average molecular weight is 246 g/mol. The molecule has 3 heterocycles. The van der Waals surface area contributed by atoms with Crippen molar-refractivity contribution in [2.75, 3.05) is 0 Å². The first-order chi connectivity index (χ1) is 9.42. The number of nitrogens with zero attached hydrogens (tertiary/aromatic N) is 3. The highest BCUT2D eigenvalue weighted by atomic mass is 14.9. The van der Waals surface area contributed by atoms with E-state index in [0.29, 0.717) is 0 Å². The molecule has 0 aliphatic heterocycles. The summed E-state index contributed by atoms with van der Waals surface area (Å²) in [5, 5.41) is 1.09. The van der Waals surface area contributed by atoms with E-state index in [1.807, 2.05) is 24.3 Å². The summed E-state index contributed by atoms with van der Waals surface area (Å²) in [4.78, 5) is 16.4. The number of benzene rings is 1. The Bertz CT molecular complexity index is 841. The fourth-order valence-electron chi connectivity index (χ4n) is 2.29. The first-order valence-corrected chi connectivity index (χ1v) is 6.06. The second-order valence-electron chi connectivity index (χ2n) is 4.35. The number of rotatable bonds is 1. The second-order valence-corrected chi connectivity index (χ2v) is 4.35. The molecule has 3 aromatic heterocycles. The second kappa shape index (κ2) is 3.88. The third-order valence-corrected chi connectivity index (χ3v) is 3.18. The minimum absolute atomic E-state index is 0.849. The van der Waals surface area contributed by atoms with E-state index in [1.165, 1.54) is 0 Å². The minimum Gasteiger partial charge on any atom is -0.337 e. The van der Waals surface area contributed by atoms with Crippen LogP contribution in [0.15, 0.2) is 55.0 Å². The number of nitrogens with one attached hydrogen (secondary N) is 1. The number of pyridine rings is 2. The van der Waals surface area contributed by atoms with Crippen molar-refractivity contribution in [1.82, 2.24) is 19.9 Å². The SMILES string of the molecule is c1cc(-c2nc3ccncc3[nH]2)c2cccnc2c1. The molecule has 0 atom stereocenters. The van der Waals surface area contributed by atoms with Crippen molar-refractivity contribution < 1.29 is 0 Å². The number of imidazole rings is 1. The minimum atomic E-state index is 0.849. The zero-order chi connectivity index (χ0) is 12.7. The highest BCUT2D eigenvalue weighted by Gasteiger charge is 2.08. The van der Waals surface area contributed by atoms with Gasteiger partial charge in [0, 0.05) is 23.3 Å². The number of hydrogen-bond donors (Lipinski definition) is 1. The van der Waals surface area contributed by atoms with Crippen LogP contribution in [0.25, 0.3) is 33.3 Å². The maximum Gasteiger partial charge on any atom is 0.139 e. The predicted octanol–water partition coefficient (Wildman–Crippen LogP) is 3.17. The van der Waals surface area contributed by atoms with Gasteiger partial charge in [-0.1, -0.05) is 18.2 Å². The molecule has 0 bridgehead atoms. The van der Waals surface area contributed by atoms with Gasteiger partial charge in [-0.2, -0.15) is 0 Å². The van der Waals surface area contributed by atoms with Crippen LogP contribution in [0.5, 0.6) is 0 Å². The van der Waals surface area contributed by atoms with Crippen molar-refractivity contribution in [2.45, 2.75) is 0 Å². The fraction of sp³-hybridized carbons (Fsp3) is 0. The lowest BCUT2D eigenvalue weighted by Crippen LogP contribution is -1.84. The zero-order valence-electron chi connectivity index (χ0n) is 10.0. The van der Waals surface area contributed by atoms with Crippen LogP contribution < -0.4 is 0 Å². The van der Waals surface area contributed by atoms with Gasteiger partial charge in [-0.05, 0) is 18.2 Å². The lowest BCUT2D eigenvalue weighted by molar-refractivity contribution is 1.33. The number of aromatic amines is 1. The lowest BCUT2D eigenvalue weighted by Gasteiger charge is -2.02. The molecule has 1 N–H and O–H groups in total. The van der Waals surface area contributed by atoms with Gasteiger partial charge in [0.2, 0.25) is 0 Å². The Morgan fingerprint density at radius 3 is 2.84 bits per heavy atom. The monoisotopic (exact) mass is 246 g/mol. The normalized spacial score (nSPS) is 11.2. The molecule has 0 radical (unpaired) electrons. The first kappa shape index (κ1) is 10.2. The van der Waals surface area contributed by atoms with Crippen LogP contribution in [0.2, 0.25) is 0 Å². The molecule has 4 heteroatoms. The van der Waals surface area contributed by atoms with Crippen molar-refractivity contribution in [3.05, 3.63) is 55.0 Å². The molecule has 4 aromatic rings. The van der Waals surface area contributed by atoms with E-state index in [-0.39, 0.29) is 0 Å². The van der Waals surface area contributed by atoms with E-state index in [9.17, 15) is 0 Å². The molecule has 0 saturated heterocycles. The van der Waals surface area contributed by atoms with Gasteiger partial charge in [-0.3, -0.25) is 9.97 Å². The topological polar surface area (TPSA) is 54.5 Å². The van der Waals surface area contributed by atoms with Crippen molar-refractivity contribution in [3.8, 4) is 11.4 Å². The van der Waals surface area contributed by atoms with Gasteiger partial charge in [0.15, 0.2) is 0 Å². The maximum atomic E-state index is 4.61. The summed E-state index contributed by atoms with van der Waals surface area (Å²) < 4.78 is 0. The predicted molar refractivity (Wildman–Crippen MR) is 74.6 cm³/mol. The van der Waals surface area contributed by atoms with Crippen LogP contribution >= 0.6 is 0 Å². The van der Waals surface area contributed by atoms with Crippen LogP contribution in [0.4, 0.5) is 0 Å². The summed E-state index contributed by atoms with van der Waals surface area (Å²) in [5.41, 5.74) is 3.89. The highest BCUT2D eigenvalue weighted by Crippen LogP contribution is 2.26. The smallest absolute Gasteiger partial charge is 0.139 e. The Morgan fingerprint density at radius 2 is 1.89 bits per heavy atom. The lowest BCUT2D eigenvalue weighted by atomic mass is 10.1. The Kier molecular flexibility index (Phi) is 2.08. The summed E-state index contributed by atoms with van der Waals surface area (Å²) in [6.07, 6.45) is 5.33. The van der Waals surface area contributed by atoms with Gasteiger partial charge in [-0.25, -0.2) is 4.98 Å². The average Bonchev–Trinajstić information content (AvgIpc) is 2.90. The van der Waals surface area contributed by atoms with E-state index in [4.69, 9.17) is 0 Å². The van der Waals surface area contributed by atoms with E-state index in [1.54, 1.807) is 18.6 Å². The number of H-pyrrole nitrogens is 1. The largest absolute Gasteiger partial charge is 0.337 e. The molecular formula is C15H10N4.